The van der Waals surface area contributed by atoms with Gasteiger partial charge in [0.1, 0.15) is 16.5 Å². The average molecular weight is 606 g/mol. The van der Waals surface area contributed by atoms with Crippen molar-refractivity contribution >= 4 is 27.4 Å². The number of ketones is 1. The highest BCUT2D eigenvalue weighted by molar-refractivity contribution is 7.89. The van der Waals surface area contributed by atoms with Crippen molar-refractivity contribution in [1.29, 1.82) is 0 Å². The molecule has 1 amide bonds. The molecule has 0 spiro atoms. The number of likely N-dealkylation sites (N-methyl/N-ethyl adjacent to an activating group) is 1. The Morgan fingerprint density at radius 3 is 2.63 bits per heavy atom. The number of nitrogens with one attached hydrogen (secondary N) is 2. The number of fused-ring (bicyclic) bond motifs is 5. The van der Waals surface area contributed by atoms with Gasteiger partial charge in [-0.25, -0.2) is 8.42 Å². The summed E-state index contributed by atoms with van der Waals surface area (Å²) in [5, 5.41) is 14.9. The van der Waals surface area contributed by atoms with Crippen LogP contribution in [0.1, 0.15) is 68.8 Å². The Hall–Kier alpha value is -3.71. The second-order valence-electron chi connectivity index (χ2n) is 12.6. The van der Waals surface area contributed by atoms with Crippen LogP contribution in [0.2, 0.25) is 0 Å². The van der Waals surface area contributed by atoms with Gasteiger partial charge in [0.2, 0.25) is 11.3 Å². The molecule has 5 atom stereocenters. The minimum absolute atomic E-state index is 0.0349. The van der Waals surface area contributed by atoms with Gasteiger partial charge in [-0.05, 0) is 75.0 Å². The van der Waals surface area contributed by atoms with Crippen molar-refractivity contribution in [2.24, 2.45) is 5.92 Å². The topological polar surface area (TPSA) is 158 Å². The Morgan fingerprint density at radius 1 is 1.21 bits per heavy atom. The number of aryl methyl sites for hydroxylation is 1. The summed E-state index contributed by atoms with van der Waals surface area (Å²) < 4.78 is 34.6. The van der Waals surface area contributed by atoms with Crippen LogP contribution in [0.5, 0.6) is 5.75 Å². The lowest BCUT2D eigenvalue weighted by Crippen LogP contribution is -2.60. The van der Waals surface area contributed by atoms with Crippen LogP contribution < -0.4 is 15.8 Å². The molecule has 3 aromatic rings. The van der Waals surface area contributed by atoms with Crippen molar-refractivity contribution < 1.29 is 27.9 Å². The first-order chi connectivity index (χ1) is 20.3. The smallest absolute Gasteiger partial charge is 0.271 e. The number of aliphatic hydroxyl groups is 1. The monoisotopic (exact) mass is 605 g/mol. The summed E-state index contributed by atoms with van der Waals surface area (Å²) in [4.78, 5) is 33.1. The number of nitrogens with zero attached hydrogens (tertiary/aromatic N) is 2. The van der Waals surface area contributed by atoms with E-state index < -0.39 is 33.0 Å². The van der Waals surface area contributed by atoms with E-state index in [4.69, 9.17) is 10.5 Å². The molecule has 0 bridgehead atoms. The van der Waals surface area contributed by atoms with Gasteiger partial charge in [0, 0.05) is 35.9 Å². The lowest BCUT2D eigenvalue weighted by atomic mass is 9.82. The summed E-state index contributed by atoms with van der Waals surface area (Å²) in [5.41, 5.74) is 6.24. The van der Waals surface area contributed by atoms with Crippen molar-refractivity contribution in [2.45, 2.75) is 55.0 Å². The minimum atomic E-state index is -3.91. The average Bonchev–Trinajstić information content (AvgIpc) is 3.29. The van der Waals surface area contributed by atoms with E-state index >= 15 is 0 Å². The normalized spacial score (nSPS) is 29.3. The highest BCUT2D eigenvalue weighted by Crippen LogP contribution is 2.60. The van der Waals surface area contributed by atoms with Crippen LogP contribution >= 0.6 is 0 Å². The van der Waals surface area contributed by atoms with Crippen molar-refractivity contribution in [3.63, 3.8) is 0 Å². The second kappa shape index (κ2) is 9.15. The van der Waals surface area contributed by atoms with Crippen molar-refractivity contribution in [2.75, 3.05) is 32.9 Å². The maximum Gasteiger partial charge on any atom is 0.271 e. The molecule has 2 aliphatic carbocycles. The second-order valence-corrected chi connectivity index (χ2v) is 14.5. The number of benzene rings is 2. The van der Waals surface area contributed by atoms with Gasteiger partial charge >= 0.3 is 0 Å². The molecule has 1 saturated heterocycles. The Labute approximate surface area is 250 Å². The summed E-state index contributed by atoms with van der Waals surface area (Å²) >= 11 is 0. The molecule has 5 N–H and O–H groups in total. The number of rotatable bonds is 6. The summed E-state index contributed by atoms with van der Waals surface area (Å²) in [6.45, 7) is 4.48. The minimum Gasteiger partial charge on any atom is -0.454 e. The summed E-state index contributed by atoms with van der Waals surface area (Å²) in [7, 11) is -0.0782. The Kier molecular flexibility index (Phi) is 5.97. The molecule has 1 aromatic heterocycles. The quantitative estimate of drug-likeness (QED) is 0.312. The van der Waals surface area contributed by atoms with E-state index in [1.165, 1.54) is 10.4 Å². The molecule has 3 unspecified atom stereocenters. The standard InChI is InChI=1S/C31H35N5O6S/c1-16-12-20(16)18-8-9-21-24(14-18)42-31(39)22-6-5-7-23(32)26(22)28(37)30(21,31)34-29(38)27-17(2)13-25(33-27)43(40,41)36-11-10-19(15-36)35(3)4/h5-9,13-14,16,19-20,33,39H,10-12,15,32H2,1-4H3,(H,34,38)/t16-,19?,20-,30?,31?/m0/s1. The van der Waals surface area contributed by atoms with Crippen molar-refractivity contribution in [3.05, 3.63) is 76.0 Å². The van der Waals surface area contributed by atoms with E-state index in [0.29, 0.717) is 48.2 Å². The Bertz CT molecular complexity index is 1820. The van der Waals surface area contributed by atoms with Gasteiger partial charge in [0.05, 0.1) is 5.56 Å². The first-order valence-electron chi connectivity index (χ1n) is 14.5. The molecule has 2 aromatic carbocycles. The predicted octanol–water partition coefficient (Wildman–Crippen LogP) is 2.41. The van der Waals surface area contributed by atoms with Crippen molar-refractivity contribution in [1.82, 2.24) is 19.5 Å². The molecule has 2 fully saturated rings. The summed E-state index contributed by atoms with van der Waals surface area (Å²) in [5.74, 6) is -2.45. The molecule has 43 heavy (non-hydrogen) atoms. The molecule has 226 valence electrons. The lowest BCUT2D eigenvalue weighted by Gasteiger charge is -2.34. The number of ether oxygens (including phenoxy) is 1. The van der Waals surface area contributed by atoms with E-state index in [-0.39, 0.29) is 33.6 Å². The van der Waals surface area contributed by atoms with E-state index in [2.05, 4.69) is 17.2 Å². The van der Waals surface area contributed by atoms with E-state index in [1.807, 2.05) is 31.1 Å². The van der Waals surface area contributed by atoms with Gasteiger partial charge < -0.3 is 30.8 Å². The number of Topliss-reactive ketones (excluding diaryl/α,β-unsaturated/α-hetero) is 1. The largest absolute Gasteiger partial charge is 0.454 e. The molecule has 1 saturated carbocycles. The van der Waals surface area contributed by atoms with E-state index in [9.17, 15) is 23.1 Å². The lowest BCUT2D eigenvalue weighted by molar-refractivity contribution is -0.169. The number of carbonyl (C=O) groups is 2. The highest BCUT2D eigenvalue weighted by Gasteiger charge is 2.72. The van der Waals surface area contributed by atoms with Gasteiger partial charge in [0.15, 0.2) is 0 Å². The predicted molar refractivity (Wildman–Crippen MR) is 158 cm³/mol. The number of carbonyl (C=O) groups excluding carboxylic acids is 2. The van der Waals surface area contributed by atoms with E-state index in [0.717, 1.165) is 12.0 Å². The zero-order valence-corrected chi connectivity index (χ0v) is 25.3. The number of nitrogens with two attached hydrogens (primary N) is 1. The van der Waals surface area contributed by atoms with Gasteiger partial charge in [0.25, 0.3) is 21.7 Å². The summed E-state index contributed by atoms with van der Waals surface area (Å²) in [6.07, 6.45) is 1.74. The zero-order chi connectivity index (χ0) is 30.6. The third-order valence-corrected chi connectivity index (χ3v) is 11.5. The van der Waals surface area contributed by atoms with Crippen LogP contribution in [-0.2, 0) is 21.3 Å². The molecular formula is C31H35N5O6S. The zero-order valence-electron chi connectivity index (χ0n) is 24.5. The third kappa shape index (κ3) is 3.79. The molecule has 7 rings (SSSR count). The number of hydrogen-bond acceptors (Lipinski definition) is 8. The number of sulfonamides is 1. The molecular weight excluding hydrogens is 570 g/mol. The number of nitrogen functional groups attached to an aromatic ring is 1. The fourth-order valence-electron chi connectivity index (χ4n) is 7.03. The molecule has 2 aliphatic heterocycles. The first-order valence-corrected chi connectivity index (χ1v) is 15.9. The van der Waals surface area contributed by atoms with Gasteiger partial charge in [-0.3, -0.25) is 9.59 Å². The van der Waals surface area contributed by atoms with Crippen LogP contribution in [-0.4, -0.2) is 72.6 Å². The number of anilines is 1. The Balaban J connectivity index is 1.28. The van der Waals surface area contributed by atoms with Crippen LogP contribution in [0, 0.1) is 12.8 Å². The maximum absolute atomic E-state index is 14.3. The number of H-pyrrole nitrogens is 1. The molecule has 4 aliphatic rings. The van der Waals surface area contributed by atoms with Crippen LogP contribution in [0.3, 0.4) is 0 Å². The van der Waals surface area contributed by atoms with E-state index in [1.54, 1.807) is 31.2 Å². The maximum atomic E-state index is 14.3. The number of hydrogen-bond donors (Lipinski definition) is 4. The molecule has 12 heteroatoms. The number of aromatic nitrogens is 1. The summed E-state index contributed by atoms with van der Waals surface area (Å²) in [6, 6.07) is 11.7. The number of amides is 1. The SMILES string of the molecule is Cc1cc(S(=O)(=O)N2CCC(N(C)C)C2)[nH]c1C(=O)NC12C(=O)c3c(N)cccc3C1(O)Oc1cc([C@H]3C[C@@H]3C)ccc12. The number of aromatic amines is 1. The fraction of sp³-hybridized carbons (Fsp3) is 0.419. The molecule has 0 radical (unpaired) electrons. The fourth-order valence-corrected chi connectivity index (χ4v) is 8.58. The Morgan fingerprint density at radius 2 is 1.95 bits per heavy atom. The highest BCUT2D eigenvalue weighted by atomic mass is 32.2. The van der Waals surface area contributed by atoms with Crippen LogP contribution in [0.4, 0.5) is 5.69 Å². The first kappa shape index (κ1) is 28.1. The van der Waals surface area contributed by atoms with Crippen molar-refractivity contribution in [3.8, 4) is 5.75 Å². The van der Waals surface area contributed by atoms with Gasteiger partial charge in [-0.15, -0.1) is 0 Å². The molecule has 3 heterocycles. The van der Waals surface area contributed by atoms with Gasteiger partial charge in [-0.2, -0.15) is 4.31 Å². The third-order valence-electron chi connectivity index (χ3n) is 9.74. The molecule has 11 nitrogen and oxygen atoms in total. The van der Waals surface area contributed by atoms with Crippen LogP contribution in [0.15, 0.2) is 47.5 Å². The van der Waals surface area contributed by atoms with Gasteiger partial charge in [-0.1, -0.05) is 31.2 Å². The van der Waals surface area contributed by atoms with Crippen LogP contribution in [0.25, 0.3) is 0 Å².